The first-order valence-corrected chi connectivity index (χ1v) is 10.8. The van der Waals surface area contributed by atoms with Gasteiger partial charge in [-0.2, -0.15) is 5.26 Å². The molecule has 2 heterocycles. The number of rotatable bonds is 9. The molecule has 4 N–H and O–H groups in total. The number of carbonyl (C=O) groups is 1. The summed E-state index contributed by atoms with van der Waals surface area (Å²) >= 11 is 0.929. The molecule has 2 aromatic heterocycles. The first kappa shape index (κ1) is 21.7. The lowest BCUT2D eigenvalue weighted by molar-refractivity contribution is -0.000554. The van der Waals surface area contributed by atoms with Crippen LogP contribution >= 0.6 is 11.3 Å². The highest BCUT2D eigenvalue weighted by Crippen LogP contribution is 2.17. The molecule has 3 unspecified atom stereocenters. The Morgan fingerprint density at radius 2 is 2.14 bits per heavy atom. The molecular weight excluding hydrogens is 406 g/mol. The van der Waals surface area contributed by atoms with Crippen LogP contribution in [-0.2, 0) is 16.4 Å². The number of sulfonamides is 1. The van der Waals surface area contributed by atoms with Crippen molar-refractivity contribution in [3.05, 3.63) is 41.2 Å². The third-order valence-corrected chi connectivity index (χ3v) is 5.04. The zero-order valence-electron chi connectivity index (χ0n) is 14.8. The standard InChI is InChI=1S/C16H19N5O5S2/c1-28(25,26)21-16-20-12(9-27-16)15(24)19-11(14(23)13(22)5-6-17)8-10-4-2-3-7-18-10/h2-4,7,9,11,13-14,22-23H,5,8H2,1H3,(H,19,24)(H,20,21). The number of aliphatic hydroxyl groups is 2. The van der Waals surface area contributed by atoms with Crippen LogP contribution in [-0.4, -0.2) is 59.0 Å². The van der Waals surface area contributed by atoms with E-state index in [4.69, 9.17) is 5.26 Å². The van der Waals surface area contributed by atoms with E-state index in [9.17, 15) is 23.4 Å². The van der Waals surface area contributed by atoms with Gasteiger partial charge in [0, 0.05) is 23.7 Å². The molecule has 0 bridgehead atoms. The minimum absolute atomic E-state index is 0.0268. The van der Waals surface area contributed by atoms with Gasteiger partial charge in [0.05, 0.1) is 30.9 Å². The second-order valence-electron chi connectivity index (χ2n) is 5.94. The lowest BCUT2D eigenvalue weighted by Gasteiger charge is -2.26. The number of nitrogens with zero attached hydrogens (tertiary/aromatic N) is 3. The van der Waals surface area contributed by atoms with Crippen LogP contribution in [0.15, 0.2) is 29.8 Å². The van der Waals surface area contributed by atoms with Crippen molar-refractivity contribution >= 4 is 32.4 Å². The van der Waals surface area contributed by atoms with Gasteiger partial charge in [-0.1, -0.05) is 6.07 Å². The van der Waals surface area contributed by atoms with Crippen LogP contribution in [0.3, 0.4) is 0 Å². The normalized spacial score (nSPS) is 14.5. The number of aromatic nitrogens is 2. The molecule has 0 saturated carbocycles. The highest BCUT2D eigenvalue weighted by molar-refractivity contribution is 7.92. The maximum Gasteiger partial charge on any atom is 0.271 e. The molecule has 0 aliphatic heterocycles. The Balaban J connectivity index is 2.16. The summed E-state index contributed by atoms with van der Waals surface area (Å²) in [7, 11) is -3.53. The molecule has 0 aliphatic rings. The van der Waals surface area contributed by atoms with Gasteiger partial charge in [0.25, 0.3) is 5.91 Å². The predicted molar refractivity (Wildman–Crippen MR) is 102 cm³/mol. The van der Waals surface area contributed by atoms with Crippen molar-refractivity contribution in [2.45, 2.75) is 31.1 Å². The number of nitriles is 1. The van der Waals surface area contributed by atoms with Crippen molar-refractivity contribution in [1.29, 1.82) is 5.26 Å². The summed E-state index contributed by atoms with van der Waals surface area (Å²) in [6, 6.07) is 5.96. The molecule has 150 valence electrons. The van der Waals surface area contributed by atoms with E-state index >= 15 is 0 Å². The molecule has 28 heavy (non-hydrogen) atoms. The molecule has 0 radical (unpaired) electrons. The highest BCUT2D eigenvalue weighted by atomic mass is 32.2. The summed E-state index contributed by atoms with van der Waals surface area (Å²) in [6.45, 7) is 0. The third-order valence-electron chi connectivity index (χ3n) is 3.59. The molecule has 0 aromatic carbocycles. The number of anilines is 1. The van der Waals surface area contributed by atoms with E-state index in [0.717, 1.165) is 17.6 Å². The van der Waals surface area contributed by atoms with Crippen molar-refractivity contribution in [3.63, 3.8) is 0 Å². The zero-order valence-corrected chi connectivity index (χ0v) is 16.4. The van der Waals surface area contributed by atoms with E-state index in [1.54, 1.807) is 30.5 Å². The molecule has 0 spiro atoms. The summed E-state index contributed by atoms with van der Waals surface area (Å²) < 4.78 is 24.7. The van der Waals surface area contributed by atoms with E-state index in [1.807, 2.05) is 0 Å². The van der Waals surface area contributed by atoms with Crippen LogP contribution in [0.2, 0.25) is 0 Å². The van der Waals surface area contributed by atoms with Gasteiger partial charge in [-0.15, -0.1) is 11.3 Å². The van der Waals surface area contributed by atoms with Crippen LogP contribution in [0.5, 0.6) is 0 Å². The van der Waals surface area contributed by atoms with Crippen LogP contribution in [0, 0.1) is 11.3 Å². The smallest absolute Gasteiger partial charge is 0.271 e. The van der Waals surface area contributed by atoms with Crippen molar-refractivity contribution in [2.75, 3.05) is 11.0 Å². The average Bonchev–Trinajstić information content (AvgIpc) is 3.08. The number of carbonyl (C=O) groups excluding carboxylic acids is 1. The number of thiazole rings is 1. The molecule has 2 rings (SSSR count). The summed E-state index contributed by atoms with van der Waals surface area (Å²) in [4.78, 5) is 20.5. The van der Waals surface area contributed by atoms with Crippen molar-refractivity contribution in [2.24, 2.45) is 0 Å². The number of pyridine rings is 1. The molecule has 0 saturated heterocycles. The van der Waals surface area contributed by atoms with Crippen LogP contribution in [0.1, 0.15) is 22.6 Å². The molecular formula is C16H19N5O5S2. The Hall–Kier alpha value is -2.59. The van der Waals surface area contributed by atoms with Crippen LogP contribution in [0.4, 0.5) is 5.13 Å². The predicted octanol–water partition coefficient (Wildman–Crippen LogP) is -0.114. The number of amides is 1. The maximum atomic E-state index is 12.5. The average molecular weight is 425 g/mol. The van der Waals surface area contributed by atoms with Gasteiger partial charge in [-0.3, -0.25) is 14.5 Å². The Bertz CT molecular complexity index is 942. The molecule has 12 heteroatoms. The fraction of sp³-hybridized carbons (Fsp3) is 0.375. The lowest BCUT2D eigenvalue weighted by atomic mass is 9.98. The lowest BCUT2D eigenvalue weighted by Crippen LogP contribution is -2.50. The van der Waals surface area contributed by atoms with Gasteiger partial charge in [0.1, 0.15) is 11.8 Å². The fourth-order valence-electron chi connectivity index (χ4n) is 2.31. The topological polar surface area (TPSA) is 165 Å². The Kier molecular flexibility index (Phi) is 7.41. The van der Waals surface area contributed by atoms with Gasteiger partial charge in [0.15, 0.2) is 5.13 Å². The number of nitrogens with one attached hydrogen (secondary N) is 2. The van der Waals surface area contributed by atoms with Gasteiger partial charge in [-0.05, 0) is 12.1 Å². The Morgan fingerprint density at radius 3 is 2.75 bits per heavy atom. The quantitative estimate of drug-likeness (QED) is 0.432. The number of hydrogen-bond donors (Lipinski definition) is 4. The Morgan fingerprint density at radius 1 is 1.39 bits per heavy atom. The van der Waals surface area contributed by atoms with Crippen LogP contribution in [0.25, 0.3) is 0 Å². The summed E-state index contributed by atoms with van der Waals surface area (Å²) in [5, 5.41) is 33.0. The molecule has 3 atom stereocenters. The summed E-state index contributed by atoms with van der Waals surface area (Å²) in [5.74, 6) is -0.665. The zero-order chi connectivity index (χ0) is 20.7. The molecule has 2 aromatic rings. The monoisotopic (exact) mass is 425 g/mol. The van der Waals surface area contributed by atoms with Crippen molar-refractivity contribution < 1.29 is 23.4 Å². The second-order valence-corrected chi connectivity index (χ2v) is 8.54. The maximum absolute atomic E-state index is 12.5. The fourth-order valence-corrected chi connectivity index (χ4v) is 3.85. The molecule has 1 amide bonds. The van der Waals surface area contributed by atoms with E-state index in [0.29, 0.717) is 5.69 Å². The molecule has 0 fully saturated rings. The summed E-state index contributed by atoms with van der Waals surface area (Å²) in [6.07, 6.45) is -0.474. The van der Waals surface area contributed by atoms with Gasteiger partial charge >= 0.3 is 0 Å². The van der Waals surface area contributed by atoms with Crippen molar-refractivity contribution in [3.8, 4) is 6.07 Å². The van der Waals surface area contributed by atoms with E-state index in [1.165, 1.54) is 5.38 Å². The van der Waals surface area contributed by atoms with E-state index in [-0.39, 0.29) is 23.7 Å². The first-order valence-electron chi connectivity index (χ1n) is 8.06. The highest BCUT2D eigenvalue weighted by Gasteiger charge is 2.29. The van der Waals surface area contributed by atoms with Crippen LogP contribution < -0.4 is 10.0 Å². The SMILES string of the molecule is CS(=O)(=O)Nc1nc(C(=O)NC(Cc2ccccn2)C(O)C(O)CC#N)cs1. The minimum atomic E-state index is -3.53. The molecule has 10 nitrogen and oxygen atoms in total. The molecule has 0 aliphatic carbocycles. The second kappa shape index (κ2) is 9.56. The van der Waals surface area contributed by atoms with E-state index in [2.05, 4.69) is 20.0 Å². The largest absolute Gasteiger partial charge is 0.389 e. The number of aliphatic hydroxyl groups excluding tert-OH is 2. The summed E-state index contributed by atoms with van der Waals surface area (Å²) in [5.41, 5.74) is 0.512. The number of hydrogen-bond acceptors (Lipinski definition) is 9. The first-order chi connectivity index (χ1) is 13.2. The van der Waals surface area contributed by atoms with Gasteiger partial charge in [-0.25, -0.2) is 13.4 Å². The van der Waals surface area contributed by atoms with Crippen molar-refractivity contribution in [1.82, 2.24) is 15.3 Å². The minimum Gasteiger partial charge on any atom is -0.389 e. The van der Waals surface area contributed by atoms with Gasteiger partial charge < -0.3 is 15.5 Å². The van der Waals surface area contributed by atoms with E-state index < -0.39 is 34.2 Å². The third kappa shape index (κ3) is 6.54. The van der Waals surface area contributed by atoms with Gasteiger partial charge in [0.2, 0.25) is 10.0 Å². The Labute approximate surface area is 165 Å².